The lowest BCUT2D eigenvalue weighted by Gasteiger charge is -2.25. The second-order valence-electron chi connectivity index (χ2n) is 7.61. The number of carbonyl (C=O) groups is 1. The Labute approximate surface area is 179 Å². The van der Waals surface area contributed by atoms with E-state index >= 15 is 0 Å². The van der Waals surface area contributed by atoms with Crippen LogP contribution in [0.5, 0.6) is 0 Å². The number of benzene rings is 1. The first-order chi connectivity index (χ1) is 14.6. The van der Waals surface area contributed by atoms with Gasteiger partial charge < -0.3 is 10.6 Å². The molecule has 1 fully saturated rings. The Bertz CT molecular complexity index is 1040. The van der Waals surface area contributed by atoms with Gasteiger partial charge in [0.15, 0.2) is 5.65 Å². The molecule has 2 heterocycles. The van der Waals surface area contributed by atoms with Crippen molar-refractivity contribution in [2.24, 2.45) is 0 Å². The van der Waals surface area contributed by atoms with Crippen molar-refractivity contribution in [2.75, 3.05) is 5.32 Å². The van der Waals surface area contributed by atoms with Gasteiger partial charge >= 0.3 is 0 Å². The maximum Gasteiger partial charge on any atom is 0.255 e. The van der Waals surface area contributed by atoms with Gasteiger partial charge in [0.05, 0.1) is 22.8 Å². The molecule has 0 aliphatic heterocycles. The lowest BCUT2D eigenvalue weighted by Crippen LogP contribution is -2.28. The van der Waals surface area contributed by atoms with E-state index in [2.05, 4.69) is 20.7 Å². The molecule has 2 aromatic heterocycles. The number of rotatable bonds is 6. The number of anilines is 1. The van der Waals surface area contributed by atoms with Crippen LogP contribution in [0.25, 0.3) is 11.0 Å². The minimum absolute atomic E-state index is 0.000528. The largest absolute Gasteiger partial charge is 0.381 e. The van der Waals surface area contributed by atoms with Gasteiger partial charge in [-0.3, -0.25) is 4.79 Å². The van der Waals surface area contributed by atoms with Crippen LogP contribution in [-0.2, 0) is 13.1 Å². The van der Waals surface area contributed by atoms with Gasteiger partial charge in [-0.15, -0.1) is 0 Å². The molecule has 0 atom stereocenters. The molecule has 0 bridgehead atoms. The Morgan fingerprint density at radius 2 is 2.07 bits per heavy atom. The molecule has 4 rings (SSSR count). The molecule has 8 heteroatoms. The molecule has 6 nitrogen and oxygen atoms in total. The number of nitrogens with zero attached hydrogens (tertiary/aromatic N) is 3. The van der Waals surface area contributed by atoms with Gasteiger partial charge in [-0.1, -0.05) is 36.9 Å². The van der Waals surface area contributed by atoms with Crippen LogP contribution in [0.2, 0.25) is 5.02 Å². The van der Waals surface area contributed by atoms with Crippen LogP contribution in [0, 0.1) is 5.82 Å². The number of carbonyl (C=O) groups excluding carboxylic acids is 1. The van der Waals surface area contributed by atoms with Crippen LogP contribution < -0.4 is 10.6 Å². The van der Waals surface area contributed by atoms with Gasteiger partial charge in [0.2, 0.25) is 0 Å². The number of aromatic nitrogens is 3. The van der Waals surface area contributed by atoms with Crippen molar-refractivity contribution in [3.63, 3.8) is 0 Å². The Morgan fingerprint density at radius 3 is 2.80 bits per heavy atom. The number of hydrogen-bond donors (Lipinski definition) is 2. The van der Waals surface area contributed by atoms with E-state index in [1.165, 1.54) is 25.3 Å². The molecule has 0 radical (unpaired) electrons. The number of nitrogens with one attached hydrogen (secondary N) is 2. The summed E-state index contributed by atoms with van der Waals surface area (Å²) in [7, 11) is 0. The summed E-state index contributed by atoms with van der Waals surface area (Å²) in [5, 5.41) is 11.9. The Morgan fingerprint density at radius 1 is 1.27 bits per heavy atom. The van der Waals surface area contributed by atoms with E-state index in [0.717, 1.165) is 29.6 Å². The summed E-state index contributed by atoms with van der Waals surface area (Å²) in [6.45, 7) is 2.69. The molecule has 1 aromatic carbocycles. The molecule has 1 amide bonds. The summed E-state index contributed by atoms with van der Waals surface area (Å²) in [6, 6.07) is 4.78. The molecule has 30 heavy (non-hydrogen) atoms. The fourth-order valence-electron chi connectivity index (χ4n) is 4.00. The smallest absolute Gasteiger partial charge is 0.255 e. The highest BCUT2D eigenvalue weighted by molar-refractivity contribution is 6.31. The number of amides is 1. The summed E-state index contributed by atoms with van der Waals surface area (Å²) in [4.78, 5) is 17.5. The molecular formula is C22H25ClFN5O. The zero-order valence-corrected chi connectivity index (χ0v) is 17.7. The summed E-state index contributed by atoms with van der Waals surface area (Å²) in [5.41, 5.74) is 2.17. The van der Waals surface area contributed by atoms with E-state index < -0.39 is 5.82 Å². The van der Waals surface area contributed by atoms with Crippen molar-refractivity contribution < 1.29 is 9.18 Å². The highest BCUT2D eigenvalue weighted by Gasteiger charge is 2.22. The van der Waals surface area contributed by atoms with E-state index in [-0.39, 0.29) is 23.0 Å². The van der Waals surface area contributed by atoms with Gasteiger partial charge in [0.25, 0.3) is 5.91 Å². The van der Waals surface area contributed by atoms with Crippen LogP contribution >= 0.6 is 11.6 Å². The first-order valence-electron chi connectivity index (χ1n) is 10.4. The monoisotopic (exact) mass is 429 g/mol. The van der Waals surface area contributed by atoms with Crippen molar-refractivity contribution in [3.05, 3.63) is 52.6 Å². The molecule has 1 aliphatic rings. The van der Waals surface area contributed by atoms with Crippen LogP contribution in [-0.4, -0.2) is 26.7 Å². The summed E-state index contributed by atoms with van der Waals surface area (Å²) in [5.74, 6) is -0.771. The van der Waals surface area contributed by atoms with E-state index in [4.69, 9.17) is 11.6 Å². The van der Waals surface area contributed by atoms with E-state index in [9.17, 15) is 9.18 Å². The third-order valence-corrected chi connectivity index (χ3v) is 6.01. The molecule has 3 aromatic rings. The third-order valence-electron chi connectivity index (χ3n) is 5.65. The number of hydrogen-bond acceptors (Lipinski definition) is 4. The summed E-state index contributed by atoms with van der Waals surface area (Å²) >= 11 is 6.09. The molecule has 1 saturated carbocycles. The predicted molar refractivity (Wildman–Crippen MR) is 116 cm³/mol. The summed E-state index contributed by atoms with van der Waals surface area (Å²) in [6.07, 6.45) is 9.05. The minimum atomic E-state index is -0.443. The van der Waals surface area contributed by atoms with Crippen LogP contribution in [0.1, 0.15) is 54.9 Å². The van der Waals surface area contributed by atoms with E-state index in [0.29, 0.717) is 18.2 Å². The van der Waals surface area contributed by atoms with E-state index in [1.54, 1.807) is 24.5 Å². The predicted octanol–water partition coefficient (Wildman–Crippen LogP) is 4.92. The normalized spacial score (nSPS) is 14.8. The van der Waals surface area contributed by atoms with Crippen molar-refractivity contribution in [2.45, 2.75) is 58.2 Å². The van der Waals surface area contributed by atoms with Gasteiger partial charge in [-0.05, 0) is 31.9 Å². The summed E-state index contributed by atoms with van der Waals surface area (Å²) < 4.78 is 15.9. The number of pyridine rings is 1. The second-order valence-corrected chi connectivity index (χ2v) is 8.01. The Kier molecular flexibility index (Phi) is 6.18. The van der Waals surface area contributed by atoms with Gasteiger partial charge in [0.1, 0.15) is 5.82 Å². The average molecular weight is 430 g/mol. The quantitative estimate of drug-likeness (QED) is 0.583. The molecule has 1 aliphatic carbocycles. The van der Waals surface area contributed by atoms with Gasteiger partial charge in [-0.2, -0.15) is 5.10 Å². The second kappa shape index (κ2) is 9.00. The third kappa shape index (κ3) is 4.12. The van der Waals surface area contributed by atoms with Gasteiger partial charge in [-0.25, -0.2) is 14.1 Å². The zero-order chi connectivity index (χ0) is 21.1. The van der Waals surface area contributed by atoms with Crippen molar-refractivity contribution in [1.29, 1.82) is 0 Å². The lowest BCUT2D eigenvalue weighted by molar-refractivity contribution is 0.0951. The number of fused-ring (bicyclic) bond motifs is 1. The fraction of sp³-hybridized carbons (Fsp3) is 0.409. The number of aryl methyl sites for hydroxylation is 1. The van der Waals surface area contributed by atoms with Crippen LogP contribution in [0.4, 0.5) is 10.1 Å². The standard InChI is InChI=1S/C22H25ClFN5O/c1-2-29-21-16(13-27-29)20(28-14-7-4-3-5-8-14)17(12-25-21)22(30)26-11-15-18(23)9-6-10-19(15)24/h6,9-10,12-14H,2-5,7-8,11H2,1H3,(H,25,28)(H,26,30). The highest BCUT2D eigenvalue weighted by atomic mass is 35.5. The number of halogens is 2. The highest BCUT2D eigenvalue weighted by Crippen LogP contribution is 2.30. The molecule has 0 spiro atoms. The lowest BCUT2D eigenvalue weighted by atomic mass is 9.95. The van der Waals surface area contributed by atoms with Crippen molar-refractivity contribution in [3.8, 4) is 0 Å². The Balaban J connectivity index is 1.64. The Hall–Kier alpha value is -2.67. The molecule has 2 N–H and O–H groups in total. The average Bonchev–Trinajstić information content (AvgIpc) is 3.18. The molecule has 0 unspecified atom stereocenters. The SMILES string of the molecule is CCn1ncc2c(NC3CCCCC3)c(C(=O)NCc3c(F)cccc3Cl)cnc21. The minimum Gasteiger partial charge on any atom is -0.381 e. The first-order valence-corrected chi connectivity index (χ1v) is 10.8. The molecular weight excluding hydrogens is 405 g/mol. The zero-order valence-electron chi connectivity index (χ0n) is 16.9. The van der Waals surface area contributed by atoms with E-state index in [1.807, 2.05) is 11.6 Å². The molecule has 158 valence electrons. The van der Waals surface area contributed by atoms with Gasteiger partial charge in [0, 0.05) is 35.9 Å². The van der Waals surface area contributed by atoms with Crippen LogP contribution in [0.3, 0.4) is 0 Å². The topological polar surface area (TPSA) is 71.8 Å². The van der Waals surface area contributed by atoms with Crippen molar-refractivity contribution >= 4 is 34.2 Å². The first kappa shape index (κ1) is 20.6. The van der Waals surface area contributed by atoms with Crippen LogP contribution in [0.15, 0.2) is 30.6 Å². The molecule has 0 saturated heterocycles. The fourth-order valence-corrected chi connectivity index (χ4v) is 4.23. The van der Waals surface area contributed by atoms with Crippen molar-refractivity contribution in [1.82, 2.24) is 20.1 Å². The maximum absolute atomic E-state index is 14.1. The maximum atomic E-state index is 14.1.